The molecule has 2 aliphatic heterocycles. The second-order valence-electron chi connectivity index (χ2n) is 9.66. The molecule has 2 aliphatic rings. The number of halogens is 2. The van der Waals surface area contributed by atoms with Crippen molar-refractivity contribution in [2.75, 3.05) is 59.5 Å². The summed E-state index contributed by atoms with van der Waals surface area (Å²) < 4.78 is 5.38. The maximum atomic E-state index is 12.7. The van der Waals surface area contributed by atoms with Crippen molar-refractivity contribution in [2.24, 2.45) is 5.41 Å². The molecule has 0 bridgehead atoms. The molecule has 0 spiro atoms. The van der Waals surface area contributed by atoms with E-state index in [1.807, 2.05) is 0 Å². The first-order chi connectivity index (χ1) is 16.2. The van der Waals surface area contributed by atoms with Gasteiger partial charge in [-0.25, -0.2) is 0 Å². The number of rotatable bonds is 8. The molecule has 0 radical (unpaired) electrons. The third-order valence-corrected chi connectivity index (χ3v) is 7.25. The van der Waals surface area contributed by atoms with Gasteiger partial charge in [-0.2, -0.15) is 0 Å². The van der Waals surface area contributed by atoms with Gasteiger partial charge in [0.2, 0.25) is 11.8 Å². The molecule has 7 nitrogen and oxygen atoms in total. The molecule has 188 valence electrons. The number of β-amino-alcohol motifs (C(OH)–C–C–N with tert-alkyl or cyclic N) is 1. The zero-order valence-electron chi connectivity index (χ0n) is 20.0. The second kappa shape index (κ2) is 12.4. The summed E-state index contributed by atoms with van der Waals surface area (Å²) in [5, 5.41) is 11.6. The number of carbonyl (C=O) groups is 2. The van der Waals surface area contributed by atoms with Crippen LogP contribution in [0.5, 0.6) is 0 Å². The van der Waals surface area contributed by atoms with Gasteiger partial charge in [0.15, 0.2) is 0 Å². The van der Waals surface area contributed by atoms with E-state index in [4.69, 9.17) is 27.9 Å². The number of likely N-dealkylation sites (tertiary alicyclic amines) is 1. The first-order valence-electron chi connectivity index (χ1n) is 11.8. The predicted octanol–water partition coefficient (Wildman–Crippen LogP) is 3.18. The van der Waals surface area contributed by atoms with Crippen LogP contribution in [0.1, 0.15) is 31.7 Å². The summed E-state index contributed by atoms with van der Waals surface area (Å²) in [7, 11) is 1.72. The molecule has 2 amide bonds. The van der Waals surface area contributed by atoms with E-state index in [-0.39, 0.29) is 30.2 Å². The molecular weight excluding hydrogens is 477 g/mol. The van der Waals surface area contributed by atoms with E-state index in [1.54, 1.807) is 41.2 Å². The fraction of sp³-hybridized carbons (Fsp3) is 0.600. The quantitative estimate of drug-likeness (QED) is 0.542. The SMILES string of the molecule is COCC1(C)CCCN(CC(O)CN2CCN(C(=O)C=Cc3ccc(Cl)c(Cl)c3)CCC2=O)C1. The first-order valence-corrected chi connectivity index (χ1v) is 12.5. The van der Waals surface area contributed by atoms with Crippen LogP contribution < -0.4 is 0 Å². The monoisotopic (exact) mass is 511 g/mol. The largest absolute Gasteiger partial charge is 0.390 e. The zero-order valence-corrected chi connectivity index (χ0v) is 21.5. The van der Waals surface area contributed by atoms with Gasteiger partial charge in [0.05, 0.1) is 22.8 Å². The summed E-state index contributed by atoms with van der Waals surface area (Å²) in [4.78, 5) is 30.9. The normalized spacial score (nSPS) is 23.4. The summed E-state index contributed by atoms with van der Waals surface area (Å²) in [6.07, 6.45) is 4.97. The van der Waals surface area contributed by atoms with Gasteiger partial charge in [-0.1, -0.05) is 36.2 Å². The van der Waals surface area contributed by atoms with Crippen molar-refractivity contribution >= 4 is 41.1 Å². The van der Waals surface area contributed by atoms with E-state index in [9.17, 15) is 14.7 Å². The van der Waals surface area contributed by atoms with Gasteiger partial charge in [0.1, 0.15) is 0 Å². The number of aliphatic hydroxyl groups excluding tert-OH is 1. The lowest BCUT2D eigenvalue weighted by molar-refractivity contribution is -0.132. The topological polar surface area (TPSA) is 73.3 Å². The molecule has 34 heavy (non-hydrogen) atoms. The fourth-order valence-corrected chi connectivity index (χ4v) is 5.14. The van der Waals surface area contributed by atoms with Gasteiger partial charge in [0, 0.05) is 64.3 Å². The molecule has 9 heteroatoms. The van der Waals surface area contributed by atoms with Gasteiger partial charge in [0.25, 0.3) is 0 Å². The Morgan fingerprint density at radius 1 is 1.21 bits per heavy atom. The van der Waals surface area contributed by atoms with Crippen molar-refractivity contribution in [3.8, 4) is 0 Å². The van der Waals surface area contributed by atoms with Gasteiger partial charge < -0.3 is 24.5 Å². The highest BCUT2D eigenvalue weighted by atomic mass is 35.5. The van der Waals surface area contributed by atoms with Crippen molar-refractivity contribution in [1.29, 1.82) is 0 Å². The Hall–Kier alpha value is -1.64. The van der Waals surface area contributed by atoms with Crippen LogP contribution >= 0.6 is 23.2 Å². The van der Waals surface area contributed by atoms with Crippen LogP contribution in [0, 0.1) is 5.41 Å². The molecule has 3 rings (SSSR count). The summed E-state index contributed by atoms with van der Waals surface area (Å²) in [5.41, 5.74) is 0.870. The first kappa shape index (κ1) is 27.0. The summed E-state index contributed by atoms with van der Waals surface area (Å²) in [6, 6.07) is 5.17. The molecule has 2 unspecified atom stereocenters. The van der Waals surface area contributed by atoms with Gasteiger partial charge >= 0.3 is 0 Å². The number of carbonyl (C=O) groups excluding carboxylic acids is 2. The Labute approximate surface area is 212 Å². The van der Waals surface area contributed by atoms with E-state index in [0.717, 1.165) is 31.5 Å². The van der Waals surface area contributed by atoms with E-state index in [0.29, 0.717) is 42.8 Å². The van der Waals surface area contributed by atoms with Crippen LogP contribution in [0.4, 0.5) is 0 Å². The number of methoxy groups -OCH3 is 1. The van der Waals surface area contributed by atoms with Crippen molar-refractivity contribution in [1.82, 2.24) is 14.7 Å². The minimum Gasteiger partial charge on any atom is -0.390 e. The number of piperidine rings is 1. The predicted molar refractivity (Wildman–Crippen MR) is 135 cm³/mol. The van der Waals surface area contributed by atoms with Crippen LogP contribution in [0.3, 0.4) is 0 Å². The molecule has 2 heterocycles. The molecule has 2 saturated heterocycles. The molecule has 1 aromatic rings. The number of amides is 2. The van der Waals surface area contributed by atoms with E-state index >= 15 is 0 Å². The number of nitrogens with zero attached hydrogens (tertiary/aromatic N) is 3. The van der Waals surface area contributed by atoms with Gasteiger partial charge in [-0.3, -0.25) is 9.59 Å². The lowest BCUT2D eigenvalue weighted by atomic mass is 9.82. The molecule has 2 atom stereocenters. The summed E-state index contributed by atoms with van der Waals surface area (Å²) >= 11 is 12.0. The van der Waals surface area contributed by atoms with Crippen LogP contribution in [-0.4, -0.2) is 97.3 Å². The number of benzene rings is 1. The average Bonchev–Trinajstić information content (AvgIpc) is 2.96. The van der Waals surface area contributed by atoms with E-state index in [2.05, 4.69) is 11.8 Å². The van der Waals surface area contributed by atoms with Crippen LogP contribution in [0.25, 0.3) is 6.08 Å². The number of aliphatic hydroxyl groups is 1. The summed E-state index contributed by atoms with van der Waals surface area (Å²) in [5.74, 6) is -0.197. The van der Waals surface area contributed by atoms with E-state index < -0.39 is 6.10 Å². The van der Waals surface area contributed by atoms with Gasteiger partial charge in [-0.05, 0) is 43.2 Å². The van der Waals surface area contributed by atoms with Gasteiger partial charge in [-0.15, -0.1) is 0 Å². The fourth-order valence-electron chi connectivity index (χ4n) is 4.83. The maximum absolute atomic E-state index is 12.7. The minimum absolute atomic E-state index is 0.0364. The average molecular weight is 512 g/mol. The Balaban J connectivity index is 1.50. The van der Waals surface area contributed by atoms with Crippen LogP contribution in [-0.2, 0) is 14.3 Å². The molecule has 1 aromatic carbocycles. The lowest BCUT2D eigenvalue weighted by Gasteiger charge is -2.41. The Bertz CT molecular complexity index is 893. The maximum Gasteiger partial charge on any atom is 0.246 e. The van der Waals surface area contributed by atoms with E-state index in [1.165, 1.54) is 6.08 Å². The van der Waals surface area contributed by atoms with Crippen molar-refractivity contribution in [2.45, 2.75) is 32.3 Å². The zero-order chi connectivity index (χ0) is 24.7. The Kier molecular flexibility index (Phi) is 9.80. The highest BCUT2D eigenvalue weighted by Gasteiger charge is 2.32. The van der Waals surface area contributed by atoms with Crippen LogP contribution in [0.2, 0.25) is 10.0 Å². The third-order valence-electron chi connectivity index (χ3n) is 6.51. The summed E-state index contributed by atoms with van der Waals surface area (Å²) in [6.45, 7) is 6.73. The molecule has 2 fully saturated rings. The second-order valence-corrected chi connectivity index (χ2v) is 10.5. The number of hydrogen-bond acceptors (Lipinski definition) is 5. The molecule has 1 N–H and O–H groups in total. The Morgan fingerprint density at radius 2 is 2.00 bits per heavy atom. The lowest BCUT2D eigenvalue weighted by Crippen LogP contribution is -2.49. The standard InChI is InChI=1S/C25H35Cl2N3O4/c1-25(18-34-2)9-3-10-28(17-25)15-20(31)16-30-13-12-29(11-8-24(30)33)23(32)7-5-19-4-6-21(26)22(27)14-19/h4-7,14,20,31H,3,8-13,15-18H2,1-2H3. The number of ether oxygens (including phenoxy) is 1. The minimum atomic E-state index is -0.634. The smallest absolute Gasteiger partial charge is 0.246 e. The number of hydrogen-bond donors (Lipinski definition) is 1. The molecule has 0 saturated carbocycles. The highest BCUT2D eigenvalue weighted by molar-refractivity contribution is 6.42. The Morgan fingerprint density at radius 3 is 2.74 bits per heavy atom. The highest BCUT2D eigenvalue weighted by Crippen LogP contribution is 2.29. The molecular formula is C25H35Cl2N3O4. The third kappa shape index (κ3) is 7.68. The molecule has 0 aromatic heterocycles. The van der Waals surface area contributed by atoms with Crippen molar-refractivity contribution in [3.63, 3.8) is 0 Å². The molecule has 0 aliphatic carbocycles. The van der Waals surface area contributed by atoms with Crippen molar-refractivity contribution < 1.29 is 19.4 Å². The van der Waals surface area contributed by atoms with Crippen LogP contribution in [0.15, 0.2) is 24.3 Å². The van der Waals surface area contributed by atoms with Crippen molar-refractivity contribution in [3.05, 3.63) is 39.9 Å².